The van der Waals surface area contributed by atoms with E-state index in [1.165, 1.54) is 18.5 Å². The second-order valence-electron chi connectivity index (χ2n) is 11.8. The van der Waals surface area contributed by atoms with E-state index in [2.05, 4.69) is 110 Å². The van der Waals surface area contributed by atoms with Crippen molar-refractivity contribution in [2.75, 3.05) is 0 Å². The highest BCUT2D eigenvalue weighted by atomic mass is 28.4. The second kappa shape index (κ2) is 8.56. The number of hydrogen-bond acceptors (Lipinski definition) is 2. The fourth-order valence-electron chi connectivity index (χ4n) is 3.74. The van der Waals surface area contributed by atoms with Crippen LogP contribution < -0.4 is 19.2 Å². The third kappa shape index (κ3) is 5.20. The highest BCUT2D eigenvalue weighted by Crippen LogP contribution is 2.38. The van der Waals surface area contributed by atoms with Gasteiger partial charge in [0.15, 0.2) is 0 Å². The third-order valence-electron chi connectivity index (χ3n) is 7.53. The summed E-state index contributed by atoms with van der Waals surface area (Å²) < 4.78 is 12.8. The maximum Gasteiger partial charge on any atom is 0.283 e. The summed E-state index contributed by atoms with van der Waals surface area (Å²) in [5, 5.41) is 3.54. The molecule has 2 aromatic carbocycles. The summed E-state index contributed by atoms with van der Waals surface area (Å²) in [6.07, 6.45) is 1.35. The van der Waals surface area contributed by atoms with Crippen LogP contribution in [0.1, 0.15) is 48.0 Å². The van der Waals surface area contributed by atoms with Crippen molar-refractivity contribution < 1.29 is 8.85 Å². The molecule has 0 bridgehead atoms. The van der Waals surface area contributed by atoms with Crippen LogP contribution in [0.3, 0.4) is 0 Å². The van der Waals surface area contributed by atoms with E-state index in [1.807, 2.05) is 0 Å². The Balaban J connectivity index is 1.78. The molecule has 2 nitrogen and oxygen atoms in total. The Morgan fingerprint density at radius 3 is 1.58 bits per heavy atom. The van der Waals surface area contributed by atoms with Gasteiger partial charge >= 0.3 is 0 Å². The molecule has 1 saturated heterocycles. The quantitative estimate of drug-likeness (QED) is 0.431. The van der Waals surface area contributed by atoms with Crippen LogP contribution in [0.4, 0.5) is 0 Å². The molecule has 2 aromatic rings. The SMILES string of the molecule is C[Si](Oc1ccc([Si]2(c3ccc(O[Si](C)(C)C(C)(C)C)cc3)CCC2)cc1)C(C)(C)C. The van der Waals surface area contributed by atoms with Gasteiger partial charge in [0.2, 0.25) is 8.32 Å². The van der Waals surface area contributed by atoms with Crippen LogP contribution in [0.15, 0.2) is 48.5 Å². The zero-order valence-electron chi connectivity index (χ0n) is 21.1. The zero-order chi connectivity index (χ0) is 23.1. The average Bonchev–Trinajstić information content (AvgIpc) is 2.61. The van der Waals surface area contributed by atoms with E-state index in [9.17, 15) is 0 Å². The molecule has 0 saturated carbocycles. The Kier molecular flexibility index (Phi) is 6.72. The van der Waals surface area contributed by atoms with Gasteiger partial charge in [0.25, 0.3) is 9.04 Å². The van der Waals surface area contributed by atoms with E-state index in [-0.39, 0.29) is 10.1 Å². The van der Waals surface area contributed by atoms with Gasteiger partial charge in [-0.15, -0.1) is 0 Å². The zero-order valence-corrected chi connectivity index (χ0v) is 24.1. The molecular weight excluding hydrogens is 429 g/mol. The van der Waals surface area contributed by atoms with Gasteiger partial charge in [0.05, 0.1) is 0 Å². The smallest absolute Gasteiger partial charge is 0.283 e. The highest BCUT2D eigenvalue weighted by Gasteiger charge is 2.43. The molecule has 0 amide bonds. The van der Waals surface area contributed by atoms with Crippen LogP contribution in [-0.2, 0) is 0 Å². The molecule has 1 aliphatic rings. The van der Waals surface area contributed by atoms with Crippen LogP contribution in [0, 0.1) is 0 Å². The normalized spacial score (nSPS) is 16.7. The molecule has 0 aliphatic carbocycles. The van der Waals surface area contributed by atoms with Gasteiger partial charge in [-0.25, -0.2) is 0 Å². The number of benzene rings is 2. The molecule has 3 rings (SSSR count). The van der Waals surface area contributed by atoms with Gasteiger partial charge in [-0.1, -0.05) is 82.6 Å². The lowest BCUT2D eigenvalue weighted by atomic mass is 10.2. The van der Waals surface area contributed by atoms with Gasteiger partial charge in [-0.2, -0.15) is 0 Å². The minimum atomic E-state index is -1.80. The lowest BCUT2D eigenvalue weighted by molar-refractivity contribution is 0.492. The fourth-order valence-corrected chi connectivity index (χ4v) is 9.72. The molecule has 0 N–H and O–H groups in total. The second-order valence-corrected chi connectivity index (χ2v) is 23.6. The summed E-state index contributed by atoms with van der Waals surface area (Å²) in [4.78, 5) is 0. The first-order valence-corrected chi connectivity index (χ1v) is 18.9. The molecule has 1 radical (unpaired) electrons. The lowest BCUT2D eigenvalue weighted by Crippen LogP contribution is -2.62. The van der Waals surface area contributed by atoms with E-state index < -0.39 is 25.4 Å². The first kappa shape index (κ1) is 24.3. The summed E-state index contributed by atoms with van der Waals surface area (Å²) >= 11 is 0. The van der Waals surface area contributed by atoms with Crippen LogP contribution in [0.2, 0.25) is 41.8 Å². The molecule has 31 heavy (non-hydrogen) atoms. The standard InChI is InChI=1S/C26H41O2Si3/c1-25(2,3)29(7)27-21-11-15-23(16-12-21)31(19-10-20-31)24-17-13-22(14-18-24)28-30(8,9)26(4,5)6/h11-18H,10,19-20H2,1-9H3. The highest BCUT2D eigenvalue weighted by molar-refractivity contribution is 7.04. The molecule has 1 heterocycles. The summed E-state index contributed by atoms with van der Waals surface area (Å²) in [5.74, 6) is 2.05. The van der Waals surface area contributed by atoms with E-state index in [1.54, 1.807) is 10.4 Å². The Morgan fingerprint density at radius 2 is 1.23 bits per heavy atom. The molecule has 0 atom stereocenters. The molecule has 169 valence electrons. The van der Waals surface area contributed by atoms with Gasteiger partial charge in [-0.3, -0.25) is 0 Å². The number of hydrogen-bond donors (Lipinski definition) is 0. The van der Waals surface area contributed by atoms with E-state index in [0.29, 0.717) is 0 Å². The molecule has 0 unspecified atom stereocenters. The largest absolute Gasteiger partial charge is 0.544 e. The molecule has 0 aromatic heterocycles. The van der Waals surface area contributed by atoms with Gasteiger partial charge in [0.1, 0.15) is 19.6 Å². The Hall–Kier alpha value is -1.31. The lowest BCUT2D eigenvalue weighted by Gasteiger charge is -2.41. The summed E-state index contributed by atoms with van der Waals surface area (Å²) in [6.45, 7) is 20.6. The summed E-state index contributed by atoms with van der Waals surface area (Å²) in [6, 6.07) is 20.9. The minimum absolute atomic E-state index is 0.214. The van der Waals surface area contributed by atoms with Gasteiger partial charge in [-0.05, 0) is 66.1 Å². The average molecular weight is 470 g/mol. The van der Waals surface area contributed by atoms with Crippen molar-refractivity contribution in [1.82, 2.24) is 0 Å². The van der Waals surface area contributed by atoms with Crippen molar-refractivity contribution in [2.45, 2.75) is 89.8 Å². The van der Waals surface area contributed by atoms with Crippen molar-refractivity contribution >= 4 is 35.8 Å². The molecular formula is C26H41O2Si3. The van der Waals surface area contributed by atoms with Crippen LogP contribution in [0.25, 0.3) is 0 Å². The van der Waals surface area contributed by atoms with E-state index >= 15 is 0 Å². The Morgan fingerprint density at radius 1 is 0.774 bits per heavy atom. The first-order valence-electron chi connectivity index (χ1n) is 11.7. The first-order chi connectivity index (χ1) is 14.2. The summed E-state index contributed by atoms with van der Waals surface area (Å²) in [5.41, 5.74) is 0. The van der Waals surface area contributed by atoms with Crippen molar-refractivity contribution in [1.29, 1.82) is 0 Å². The monoisotopic (exact) mass is 469 g/mol. The molecule has 0 spiro atoms. The van der Waals surface area contributed by atoms with Gasteiger partial charge in [0, 0.05) is 0 Å². The third-order valence-corrected chi connectivity index (χ3v) is 19.8. The predicted octanol–water partition coefficient (Wildman–Crippen LogP) is 6.84. The van der Waals surface area contributed by atoms with Crippen LogP contribution >= 0.6 is 0 Å². The van der Waals surface area contributed by atoms with Crippen molar-refractivity contribution in [3.63, 3.8) is 0 Å². The Bertz CT molecular complexity index is 871. The molecule has 1 aliphatic heterocycles. The fraction of sp³-hybridized carbons (Fsp3) is 0.538. The van der Waals surface area contributed by atoms with Crippen molar-refractivity contribution in [3.05, 3.63) is 48.5 Å². The number of rotatable bonds is 6. The van der Waals surface area contributed by atoms with Crippen LogP contribution in [0.5, 0.6) is 11.5 Å². The summed E-state index contributed by atoms with van der Waals surface area (Å²) in [7, 11) is -4.28. The topological polar surface area (TPSA) is 18.5 Å². The molecule has 1 fully saturated rings. The van der Waals surface area contributed by atoms with Gasteiger partial charge < -0.3 is 8.85 Å². The Labute approximate surface area is 194 Å². The molecule has 5 heteroatoms. The van der Waals surface area contributed by atoms with E-state index in [4.69, 9.17) is 8.85 Å². The minimum Gasteiger partial charge on any atom is -0.544 e. The van der Waals surface area contributed by atoms with E-state index in [0.717, 1.165) is 11.5 Å². The maximum absolute atomic E-state index is 6.51. The predicted molar refractivity (Wildman–Crippen MR) is 142 cm³/mol. The van der Waals surface area contributed by atoms with Crippen molar-refractivity contribution in [2.24, 2.45) is 0 Å². The van der Waals surface area contributed by atoms with Crippen LogP contribution in [-0.4, -0.2) is 25.4 Å². The maximum atomic E-state index is 6.51. The van der Waals surface area contributed by atoms with Crippen molar-refractivity contribution in [3.8, 4) is 11.5 Å².